The predicted octanol–water partition coefficient (Wildman–Crippen LogP) is 2.56. The molecule has 0 aromatic heterocycles. The van der Waals surface area contributed by atoms with Crippen LogP contribution in [0.5, 0.6) is 0 Å². The second-order valence-electron chi connectivity index (χ2n) is 4.89. The number of rotatable bonds is 2. The van der Waals surface area contributed by atoms with Crippen molar-refractivity contribution in [2.45, 2.75) is 52.5 Å². The zero-order valence-electron chi connectivity index (χ0n) is 8.11. The summed E-state index contributed by atoms with van der Waals surface area (Å²) in [6.45, 7) is 8.21. The van der Waals surface area contributed by atoms with Crippen molar-refractivity contribution in [2.75, 3.05) is 6.54 Å². The summed E-state index contributed by atoms with van der Waals surface area (Å²) < 4.78 is 0. The van der Waals surface area contributed by atoms with Crippen molar-refractivity contribution in [3.63, 3.8) is 0 Å². The fourth-order valence-electron chi connectivity index (χ4n) is 1.61. The largest absolute Gasteiger partial charge is 0.314 e. The minimum atomic E-state index is 0.518. The van der Waals surface area contributed by atoms with E-state index in [0.717, 1.165) is 6.04 Å². The van der Waals surface area contributed by atoms with Crippen molar-refractivity contribution < 1.29 is 0 Å². The molecule has 0 aliphatic carbocycles. The zero-order valence-corrected chi connectivity index (χ0v) is 8.11. The molecular formula is C10H21N. The molecule has 0 bridgehead atoms. The van der Waals surface area contributed by atoms with Crippen LogP contribution in [0, 0.1) is 5.41 Å². The van der Waals surface area contributed by atoms with Crippen LogP contribution in [-0.2, 0) is 0 Å². The monoisotopic (exact) mass is 155 g/mol. The second kappa shape index (κ2) is 3.57. The molecule has 66 valence electrons. The molecule has 1 fully saturated rings. The molecule has 0 spiro atoms. The molecule has 1 atom stereocenters. The third-order valence-electron chi connectivity index (χ3n) is 2.41. The number of hydrogen-bond donors (Lipinski definition) is 1. The Morgan fingerprint density at radius 2 is 2.09 bits per heavy atom. The maximum absolute atomic E-state index is 3.53. The van der Waals surface area contributed by atoms with Gasteiger partial charge in [-0.15, -0.1) is 0 Å². The molecule has 1 unspecified atom stereocenters. The topological polar surface area (TPSA) is 12.0 Å². The molecule has 1 saturated heterocycles. The minimum absolute atomic E-state index is 0.518. The Balaban J connectivity index is 2.11. The molecule has 11 heavy (non-hydrogen) atoms. The van der Waals surface area contributed by atoms with Crippen molar-refractivity contribution >= 4 is 0 Å². The van der Waals surface area contributed by atoms with Crippen LogP contribution in [0.1, 0.15) is 46.5 Å². The molecule has 0 saturated carbocycles. The second-order valence-corrected chi connectivity index (χ2v) is 4.89. The smallest absolute Gasteiger partial charge is 0.00677 e. The molecule has 0 aromatic carbocycles. The van der Waals surface area contributed by atoms with Gasteiger partial charge in [-0.1, -0.05) is 20.8 Å². The van der Waals surface area contributed by atoms with Crippen LogP contribution in [-0.4, -0.2) is 12.6 Å². The fraction of sp³-hybridized carbons (Fsp3) is 1.00. The molecule has 1 heteroatoms. The van der Waals surface area contributed by atoms with E-state index in [-0.39, 0.29) is 0 Å². The van der Waals surface area contributed by atoms with Gasteiger partial charge in [-0.2, -0.15) is 0 Å². The third-order valence-corrected chi connectivity index (χ3v) is 2.41. The van der Waals surface area contributed by atoms with Gasteiger partial charge in [0, 0.05) is 6.04 Å². The van der Waals surface area contributed by atoms with Crippen molar-refractivity contribution in [3.05, 3.63) is 0 Å². The van der Waals surface area contributed by atoms with Gasteiger partial charge in [0.1, 0.15) is 0 Å². The molecule has 0 amide bonds. The van der Waals surface area contributed by atoms with Crippen molar-refractivity contribution in [2.24, 2.45) is 5.41 Å². The Kier molecular flexibility index (Phi) is 2.94. The number of hydrogen-bond acceptors (Lipinski definition) is 1. The van der Waals surface area contributed by atoms with Crippen LogP contribution >= 0.6 is 0 Å². The molecule has 1 aliphatic heterocycles. The Morgan fingerprint density at radius 3 is 2.55 bits per heavy atom. The van der Waals surface area contributed by atoms with Gasteiger partial charge in [-0.3, -0.25) is 0 Å². The molecule has 0 aromatic rings. The lowest BCUT2D eigenvalue weighted by molar-refractivity contribution is 0.340. The Labute approximate surface area is 70.6 Å². The van der Waals surface area contributed by atoms with E-state index in [1.165, 1.54) is 32.2 Å². The average Bonchev–Trinajstić information content (AvgIpc) is 2.32. The van der Waals surface area contributed by atoms with Gasteiger partial charge in [0.15, 0.2) is 0 Å². The average molecular weight is 155 g/mol. The Morgan fingerprint density at radius 1 is 1.36 bits per heavy atom. The van der Waals surface area contributed by atoms with Crippen LogP contribution in [0.15, 0.2) is 0 Å². The summed E-state index contributed by atoms with van der Waals surface area (Å²) in [5.41, 5.74) is 0.518. The van der Waals surface area contributed by atoms with Crippen LogP contribution in [0.2, 0.25) is 0 Å². The minimum Gasteiger partial charge on any atom is -0.314 e. The lowest BCUT2D eigenvalue weighted by Crippen LogP contribution is -2.23. The first-order valence-electron chi connectivity index (χ1n) is 4.81. The van der Waals surface area contributed by atoms with Crippen LogP contribution < -0.4 is 5.32 Å². The summed E-state index contributed by atoms with van der Waals surface area (Å²) in [5, 5.41) is 3.53. The maximum atomic E-state index is 3.53. The Hall–Kier alpha value is -0.0400. The Bertz CT molecular complexity index is 107. The summed E-state index contributed by atoms with van der Waals surface area (Å²) in [5.74, 6) is 0. The van der Waals surface area contributed by atoms with E-state index in [4.69, 9.17) is 0 Å². The maximum Gasteiger partial charge on any atom is 0.00677 e. The molecule has 1 heterocycles. The molecule has 1 nitrogen and oxygen atoms in total. The first-order valence-corrected chi connectivity index (χ1v) is 4.81. The highest BCUT2D eigenvalue weighted by Crippen LogP contribution is 2.23. The van der Waals surface area contributed by atoms with Gasteiger partial charge < -0.3 is 5.32 Å². The summed E-state index contributed by atoms with van der Waals surface area (Å²) in [7, 11) is 0. The highest BCUT2D eigenvalue weighted by molar-refractivity contribution is 4.76. The van der Waals surface area contributed by atoms with Crippen molar-refractivity contribution in [1.82, 2.24) is 5.32 Å². The summed E-state index contributed by atoms with van der Waals surface area (Å²) in [6.07, 6.45) is 5.50. The third kappa shape index (κ3) is 3.76. The van der Waals surface area contributed by atoms with E-state index in [2.05, 4.69) is 26.1 Å². The van der Waals surface area contributed by atoms with Crippen molar-refractivity contribution in [3.8, 4) is 0 Å². The van der Waals surface area contributed by atoms with Gasteiger partial charge >= 0.3 is 0 Å². The van der Waals surface area contributed by atoms with E-state index in [0.29, 0.717) is 5.41 Å². The normalized spacial score (nSPS) is 25.9. The van der Waals surface area contributed by atoms with Crippen LogP contribution in [0.4, 0.5) is 0 Å². The summed E-state index contributed by atoms with van der Waals surface area (Å²) >= 11 is 0. The molecular weight excluding hydrogens is 134 g/mol. The van der Waals surface area contributed by atoms with Gasteiger partial charge in [0.05, 0.1) is 0 Å². The quantitative estimate of drug-likeness (QED) is 0.646. The van der Waals surface area contributed by atoms with Crippen molar-refractivity contribution in [1.29, 1.82) is 0 Å². The molecule has 1 N–H and O–H groups in total. The molecule has 0 radical (unpaired) electrons. The lowest BCUT2D eigenvalue weighted by Gasteiger charge is -2.20. The van der Waals surface area contributed by atoms with Gasteiger partial charge in [-0.25, -0.2) is 0 Å². The van der Waals surface area contributed by atoms with E-state index in [1.807, 2.05) is 0 Å². The molecule has 1 rings (SSSR count). The van der Waals surface area contributed by atoms with Crippen LogP contribution in [0.3, 0.4) is 0 Å². The fourth-order valence-corrected chi connectivity index (χ4v) is 1.61. The zero-order chi connectivity index (χ0) is 8.32. The molecule has 1 aliphatic rings. The lowest BCUT2D eigenvalue weighted by atomic mass is 9.88. The highest BCUT2D eigenvalue weighted by atomic mass is 14.9. The SMILES string of the molecule is CC(C)(C)CCC1CCCN1. The predicted molar refractivity (Wildman–Crippen MR) is 49.7 cm³/mol. The highest BCUT2D eigenvalue weighted by Gasteiger charge is 2.17. The standard InChI is InChI=1S/C10H21N/c1-10(2,3)7-6-9-5-4-8-11-9/h9,11H,4-8H2,1-3H3. The number of nitrogens with one attached hydrogen (secondary N) is 1. The van der Waals surface area contributed by atoms with E-state index >= 15 is 0 Å². The van der Waals surface area contributed by atoms with E-state index in [1.54, 1.807) is 0 Å². The van der Waals surface area contributed by atoms with Gasteiger partial charge in [0.25, 0.3) is 0 Å². The first kappa shape index (κ1) is 9.05. The summed E-state index contributed by atoms with van der Waals surface area (Å²) in [4.78, 5) is 0. The van der Waals surface area contributed by atoms with E-state index < -0.39 is 0 Å². The first-order chi connectivity index (χ1) is 5.08. The van der Waals surface area contributed by atoms with E-state index in [9.17, 15) is 0 Å². The van der Waals surface area contributed by atoms with Gasteiger partial charge in [0.2, 0.25) is 0 Å². The summed E-state index contributed by atoms with van der Waals surface area (Å²) in [6, 6.07) is 0.828. The van der Waals surface area contributed by atoms with Gasteiger partial charge in [-0.05, 0) is 37.6 Å². The van der Waals surface area contributed by atoms with Crippen LogP contribution in [0.25, 0.3) is 0 Å².